The van der Waals surface area contributed by atoms with Crippen molar-refractivity contribution in [3.05, 3.63) is 111 Å². The van der Waals surface area contributed by atoms with E-state index < -0.39 is 35.0 Å². The van der Waals surface area contributed by atoms with Crippen molar-refractivity contribution < 1.29 is 38.5 Å². The van der Waals surface area contributed by atoms with Crippen molar-refractivity contribution in [1.29, 1.82) is 0 Å². The van der Waals surface area contributed by atoms with Gasteiger partial charge in [0.15, 0.2) is 11.4 Å². The smallest absolute Gasteiger partial charge is 0.265 e. The molecular formula is C39H39N3O8. The van der Waals surface area contributed by atoms with E-state index in [-0.39, 0.29) is 54.2 Å². The molecule has 50 heavy (non-hydrogen) atoms. The van der Waals surface area contributed by atoms with Crippen molar-refractivity contribution in [2.24, 2.45) is 17.6 Å². The monoisotopic (exact) mass is 677 g/mol. The number of hydrogen-bond donors (Lipinski definition) is 3. The number of benzene rings is 3. The van der Waals surface area contributed by atoms with E-state index in [1.54, 1.807) is 7.11 Å². The van der Waals surface area contributed by atoms with E-state index in [0.717, 1.165) is 36.1 Å². The van der Waals surface area contributed by atoms with Crippen LogP contribution in [-0.2, 0) is 24.4 Å². The fourth-order valence-electron chi connectivity index (χ4n) is 8.43. The topological polar surface area (TPSA) is 158 Å². The van der Waals surface area contributed by atoms with Crippen molar-refractivity contribution in [3.8, 4) is 17.4 Å². The standard InChI is InChI=1S/C39H39N3O8/c1-42-15-9-14-27(42)24-18-28(48-19-21-10-5-3-6-11-21)30-25(34(24)47-2)16-23-17-26-32(40)35-31(37(45)39(26,46)36(44)29(23)33(30)43)38(41-50-35)49-20-22-12-7-4-8-13-22/h3-8,10-13,18,23,26-27,32,43,46H,9,14-17,19-20,40H2,1-2H3/t23-,26-,27-,32-,39-/m0/s1. The predicted octanol–water partition coefficient (Wildman–Crippen LogP) is 5.27. The molecular weight excluding hydrogens is 638 g/mol. The lowest BCUT2D eigenvalue weighted by Crippen LogP contribution is -2.63. The molecule has 5 atom stereocenters. The van der Waals surface area contributed by atoms with E-state index in [9.17, 15) is 19.8 Å². The van der Waals surface area contributed by atoms with Crippen LogP contribution in [0.1, 0.15) is 75.3 Å². The normalized spacial score (nSPS) is 25.8. The molecule has 4 aliphatic rings. The molecule has 0 radical (unpaired) electrons. The molecule has 2 heterocycles. The number of carbonyl (C=O) groups excluding carboxylic acids is 2. The highest BCUT2D eigenvalue weighted by atomic mass is 16.5. The Hall–Kier alpha value is -4.97. The van der Waals surface area contributed by atoms with Gasteiger partial charge in [0.05, 0.1) is 18.7 Å². The zero-order chi connectivity index (χ0) is 34.7. The number of aliphatic hydroxyl groups excluding tert-OH is 1. The maximum Gasteiger partial charge on any atom is 0.265 e. The molecule has 0 amide bonds. The molecule has 4 N–H and O–H groups in total. The first kappa shape index (κ1) is 32.2. The summed E-state index contributed by atoms with van der Waals surface area (Å²) in [5.41, 5.74) is 7.69. The van der Waals surface area contributed by atoms with Crippen molar-refractivity contribution >= 4 is 17.3 Å². The number of hydrogen-bond acceptors (Lipinski definition) is 11. The number of nitrogens with two attached hydrogens (primary N) is 1. The molecule has 4 aromatic rings. The lowest BCUT2D eigenvalue weighted by molar-refractivity contribution is -0.140. The number of methoxy groups -OCH3 is 1. The molecule has 1 saturated carbocycles. The van der Waals surface area contributed by atoms with Crippen molar-refractivity contribution in [2.45, 2.75) is 56.6 Å². The van der Waals surface area contributed by atoms with Crippen LogP contribution in [0.2, 0.25) is 0 Å². The van der Waals surface area contributed by atoms with Crippen molar-refractivity contribution in [1.82, 2.24) is 10.1 Å². The number of ketones is 2. The largest absolute Gasteiger partial charge is 0.507 e. The molecule has 0 unspecified atom stereocenters. The van der Waals surface area contributed by atoms with Gasteiger partial charge in [0.1, 0.15) is 36.0 Å². The highest BCUT2D eigenvalue weighted by Crippen LogP contribution is 2.56. The number of aromatic nitrogens is 1. The fraction of sp³-hybridized carbons (Fsp3) is 0.359. The maximum absolute atomic E-state index is 14.6. The van der Waals surface area contributed by atoms with Crippen molar-refractivity contribution in [3.63, 3.8) is 0 Å². The van der Waals surface area contributed by atoms with E-state index >= 15 is 0 Å². The Kier molecular flexibility index (Phi) is 8.01. The predicted molar refractivity (Wildman–Crippen MR) is 182 cm³/mol. The minimum absolute atomic E-state index is 0.0270. The van der Waals surface area contributed by atoms with Crippen molar-refractivity contribution in [2.75, 3.05) is 20.7 Å². The summed E-state index contributed by atoms with van der Waals surface area (Å²) >= 11 is 0. The van der Waals surface area contributed by atoms with Crippen LogP contribution in [0, 0.1) is 11.8 Å². The van der Waals surface area contributed by atoms with Gasteiger partial charge in [0.2, 0.25) is 11.6 Å². The third-order valence-electron chi connectivity index (χ3n) is 10.9. The molecule has 258 valence electrons. The quantitative estimate of drug-likeness (QED) is 0.209. The molecule has 1 saturated heterocycles. The summed E-state index contributed by atoms with van der Waals surface area (Å²) in [6.45, 7) is 1.24. The number of nitrogens with zero attached hydrogens (tertiary/aromatic N) is 2. The first-order valence-corrected chi connectivity index (χ1v) is 17.0. The second-order valence-corrected chi connectivity index (χ2v) is 13.7. The van der Waals surface area contributed by atoms with Gasteiger partial charge in [-0.25, -0.2) is 0 Å². The van der Waals surface area contributed by atoms with Gasteiger partial charge in [-0.15, -0.1) is 0 Å². The lowest BCUT2D eigenvalue weighted by atomic mass is 9.57. The van der Waals surface area contributed by atoms with Gasteiger partial charge in [-0.1, -0.05) is 60.7 Å². The molecule has 1 aliphatic heterocycles. The van der Waals surface area contributed by atoms with Gasteiger partial charge in [-0.2, -0.15) is 0 Å². The number of aliphatic hydroxyl groups is 2. The highest BCUT2D eigenvalue weighted by Gasteiger charge is 2.64. The Morgan fingerprint density at radius 1 is 1.00 bits per heavy atom. The Morgan fingerprint density at radius 3 is 2.32 bits per heavy atom. The van der Waals surface area contributed by atoms with E-state index in [2.05, 4.69) is 17.1 Å². The molecule has 11 nitrogen and oxygen atoms in total. The number of fused-ring (bicyclic) bond motifs is 4. The van der Waals surface area contributed by atoms with E-state index in [1.807, 2.05) is 66.7 Å². The van der Waals surface area contributed by atoms with Crippen LogP contribution in [0.25, 0.3) is 5.76 Å². The Labute approximate surface area is 289 Å². The second kappa shape index (κ2) is 12.4. The van der Waals surface area contributed by atoms with Gasteiger partial charge < -0.3 is 34.7 Å². The average molecular weight is 678 g/mol. The van der Waals surface area contributed by atoms with Gasteiger partial charge in [0.25, 0.3) is 5.88 Å². The summed E-state index contributed by atoms with van der Waals surface area (Å²) in [5, 5.41) is 28.3. The molecule has 1 aromatic heterocycles. The fourth-order valence-corrected chi connectivity index (χ4v) is 8.43. The number of likely N-dealkylation sites (tertiary alicyclic amines) is 1. The second-order valence-electron chi connectivity index (χ2n) is 13.7. The Bertz CT molecular complexity index is 2010. The van der Waals surface area contributed by atoms with Crippen LogP contribution >= 0.6 is 0 Å². The minimum Gasteiger partial charge on any atom is -0.507 e. The number of Topliss-reactive ketones (excluding diaryl/α,β-unsaturated/α-hetero) is 2. The van der Waals surface area contributed by atoms with E-state index in [0.29, 0.717) is 29.0 Å². The zero-order valence-corrected chi connectivity index (χ0v) is 27.9. The van der Waals surface area contributed by atoms with Crippen LogP contribution in [0.15, 0.2) is 76.8 Å². The third-order valence-corrected chi connectivity index (χ3v) is 10.9. The number of ether oxygens (including phenoxy) is 3. The third kappa shape index (κ3) is 4.94. The van der Waals surface area contributed by atoms with Crippen LogP contribution in [0.3, 0.4) is 0 Å². The Morgan fingerprint density at radius 2 is 1.68 bits per heavy atom. The first-order valence-electron chi connectivity index (χ1n) is 17.0. The van der Waals surface area contributed by atoms with Crippen LogP contribution < -0.4 is 19.9 Å². The zero-order valence-electron chi connectivity index (χ0n) is 27.9. The highest BCUT2D eigenvalue weighted by molar-refractivity contribution is 6.26. The van der Waals surface area contributed by atoms with Crippen LogP contribution in [0.4, 0.5) is 0 Å². The van der Waals surface area contributed by atoms with Crippen LogP contribution in [-0.4, -0.2) is 58.1 Å². The van der Waals surface area contributed by atoms with Crippen LogP contribution in [0.5, 0.6) is 17.4 Å². The Balaban J connectivity index is 1.21. The van der Waals surface area contributed by atoms with Gasteiger partial charge in [0, 0.05) is 28.7 Å². The average Bonchev–Trinajstić information content (AvgIpc) is 3.76. The molecule has 0 bridgehead atoms. The molecule has 0 spiro atoms. The summed E-state index contributed by atoms with van der Waals surface area (Å²) < 4.78 is 23.9. The molecule has 11 heteroatoms. The summed E-state index contributed by atoms with van der Waals surface area (Å²) in [5.74, 6) is -2.79. The summed E-state index contributed by atoms with van der Waals surface area (Å²) in [6, 6.07) is 19.9. The van der Waals surface area contributed by atoms with Gasteiger partial charge in [-0.3, -0.25) is 14.5 Å². The van der Waals surface area contributed by atoms with Gasteiger partial charge in [-0.05, 0) is 67.5 Å². The number of rotatable bonds is 8. The van der Waals surface area contributed by atoms with Gasteiger partial charge >= 0.3 is 0 Å². The summed E-state index contributed by atoms with van der Waals surface area (Å²) in [6.07, 6.45) is 2.40. The molecule has 8 rings (SSSR count). The molecule has 3 aliphatic carbocycles. The molecule has 2 fully saturated rings. The van der Waals surface area contributed by atoms with E-state index in [1.165, 1.54) is 0 Å². The van der Waals surface area contributed by atoms with E-state index in [4.69, 9.17) is 24.5 Å². The lowest BCUT2D eigenvalue weighted by Gasteiger charge is -2.47. The summed E-state index contributed by atoms with van der Waals surface area (Å²) in [7, 11) is 3.69. The molecule has 3 aromatic carbocycles. The minimum atomic E-state index is -2.57. The summed E-state index contributed by atoms with van der Waals surface area (Å²) in [4.78, 5) is 31.1. The first-order chi connectivity index (χ1) is 24.2. The number of carbonyl (C=O) groups is 2. The maximum atomic E-state index is 14.6. The SMILES string of the molecule is COc1c([C@@H]2CCCN2C)cc(OCc2ccccc2)c2c1C[C@H]1C[C@H]3[C@H](N)c4onc(OCc5ccccc5)c4C(=O)[C@@]3(O)C(=O)C1=C2O.